The number of benzene rings is 3. The predicted octanol–water partition coefficient (Wildman–Crippen LogP) is 6.63. The van der Waals surface area contributed by atoms with Crippen LogP contribution in [-0.2, 0) is 0 Å². The third kappa shape index (κ3) is 5.10. The van der Waals surface area contributed by atoms with Crippen LogP contribution in [0, 0.1) is 5.92 Å². The smallest absolute Gasteiger partial charge is 0.0656 e. The molecule has 0 spiro atoms. The molecular formula is C36H52Si4. The molecule has 1 unspecified atom stereocenters. The van der Waals surface area contributed by atoms with E-state index in [0.29, 0.717) is 5.92 Å². The Morgan fingerprint density at radius 3 is 0.925 bits per heavy atom. The fourth-order valence-electron chi connectivity index (χ4n) is 7.23. The lowest BCUT2D eigenvalue weighted by Crippen LogP contribution is -2.81. The maximum absolute atomic E-state index is 2.72. The van der Waals surface area contributed by atoms with Crippen molar-refractivity contribution in [1.29, 1.82) is 0 Å². The Kier molecular flexibility index (Phi) is 8.27. The third-order valence-electron chi connectivity index (χ3n) is 9.46. The van der Waals surface area contributed by atoms with Crippen LogP contribution in [0.5, 0.6) is 0 Å². The van der Waals surface area contributed by atoms with E-state index in [0.717, 1.165) is 0 Å². The maximum atomic E-state index is 2.57. The van der Waals surface area contributed by atoms with Gasteiger partial charge in [-0.05, 0) is 47.8 Å². The SMILES string of the molecule is CC1=C(C)C(C)C([Si](c2ccccc2[Si](C)(C)C)(c2ccccc2[Si](C)(C)C)c2ccccc2[Si](C)(C)C)=C1C. The van der Waals surface area contributed by atoms with E-state index < -0.39 is 32.3 Å². The monoisotopic (exact) mass is 596 g/mol. The average Bonchev–Trinajstić information content (AvgIpc) is 3.07. The van der Waals surface area contributed by atoms with Crippen LogP contribution in [0.3, 0.4) is 0 Å². The van der Waals surface area contributed by atoms with E-state index in [1.807, 2.05) is 0 Å². The van der Waals surface area contributed by atoms with E-state index >= 15 is 0 Å². The standard InChI is InChI=1S/C36H52Si4/c1-26-27(2)29(4)36(28(26)3)40(33-23-17-14-20-30(33)37(5,6)7,34-24-18-15-21-31(34)38(8,9)10)35-25-19-16-22-32(35)39(11,12)13/h14-25,28H,1-13H3. The molecule has 0 fully saturated rings. The van der Waals surface area contributed by atoms with Crippen LogP contribution in [0.4, 0.5) is 0 Å². The summed E-state index contributed by atoms with van der Waals surface area (Å²) in [5.74, 6) is 0.436. The highest BCUT2D eigenvalue weighted by Gasteiger charge is 2.52. The van der Waals surface area contributed by atoms with Crippen molar-refractivity contribution in [2.75, 3.05) is 0 Å². The van der Waals surface area contributed by atoms with Crippen LogP contribution in [0.1, 0.15) is 27.7 Å². The Balaban J connectivity index is 2.42. The van der Waals surface area contributed by atoms with Crippen LogP contribution in [-0.4, -0.2) is 32.3 Å². The van der Waals surface area contributed by atoms with Gasteiger partial charge in [-0.1, -0.05) is 171 Å². The highest BCUT2D eigenvalue weighted by Crippen LogP contribution is 2.41. The van der Waals surface area contributed by atoms with Gasteiger partial charge in [0.2, 0.25) is 0 Å². The molecule has 0 saturated heterocycles. The van der Waals surface area contributed by atoms with Crippen molar-refractivity contribution in [3.05, 3.63) is 94.7 Å². The zero-order valence-corrected chi connectivity index (χ0v) is 31.5. The van der Waals surface area contributed by atoms with Crippen LogP contribution in [0.15, 0.2) is 94.7 Å². The lowest BCUT2D eigenvalue weighted by Gasteiger charge is -2.45. The molecule has 0 N–H and O–H groups in total. The molecule has 4 rings (SSSR count). The van der Waals surface area contributed by atoms with Gasteiger partial charge >= 0.3 is 0 Å². The van der Waals surface area contributed by atoms with Crippen LogP contribution in [0.25, 0.3) is 0 Å². The van der Waals surface area contributed by atoms with E-state index in [1.165, 1.54) is 5.57 Å². The highest BCUT2D eigenvalue weighted by atomic mass is 28.3. The van der Waals surface area contributed by atoms with Crippen LogP contribution in [0.2, 0.25) is 58.9 Å². The van der Waals surface area contributed by atoms with E-state index in [4.69, 9.17) is 0 Å². The molecular weight excluding hydrogens is 545 g/mol. The largest absolute Gasteiger partial charge is 0.176 e. The topological polar surface area (TPSA) is 0 Å². The molecule has 0 aliphatic heterocycles. The zero-order valence-electron chi connectivity index (χ0n) is 27.5. The minimum Gasteiger partial charge on any atom is -0.0656 e. The molecule has 1 aliphatic carbocycles. The van der Waals surface area contributed by atoms with Gasteiger partial charge in [0.25, 0.3) is 0 Å². The lowest BCUT2D eigenvalue weighted by molar-refractivity contribution is 0.852. The third-order valence-corrected chi connectivity index (χ3v) is 21.7. The fourth-order valence-corrected chi connectivity index (χ4v) is 22.6. The van der Waals surface area contributed by atoms with Gasteiger partial charge in [0.1, 0.15) is 0 Å². The van der Waals surface area contributed by atoms with Crippen molar-refractivity contribution in [2.45, 2.75) is 86.6 Å². The Labute approximate surface area is 249 Å². The summed E-state index contributed by atoms with van der Waals surface area (Å²) in [6, 6.07) is 29.2. The molecule has 0 radical (unpaired) electrons. The Morgan fingerprint density at radius 1 is 0.425 bits per heavy atom. The predicted molar refractivity (Wildman–Crippen MR) is 193 cm³/mol. The summed E-state index contributed by atoms with van der Waals surface area (Å²) < 4.78 is 0. The zero-order chi connectivity index (χ0) is 29.8. The molecule has 212 valence electrons. The summed E-state index contributed by atoms with van der Waals surface area (Å²) >= 11 is 0. The number of hydrogen-bond acceptors (Lipinski definition) is 0. The first-order chi connectivity index (χ1) is 18.4. The van der Waals surface area contributed by atoms with Gasteiger partial charge in [-0.2, -0.15) is 0 Å². The molecule has 1 atom stereocenters. The Bertz CT molecular complexity index is 1350. The van der Waals surface area contributed by atoms with Crippen molar-refractivity contribution >= 4 is 63.4 Å². The highest BCUT2D eigenvalue weighted by molar-refractivity contribution is 7.22. The van der Waals surface area contributed by atoms with Gasteiger partial charge in [0, 0.05) is 0 Å². The first kappa shape index (κ1) is 31.0. The maximum Gasteiger partial charge on any atom is 0.176 e. The molecule has 0 saturated carbocycles. The average molecular weight is 597 g/mol. The van der Waals surface area contributed by atoms with E-state index in [2.05, 4.69) is 159 Å². The van der Waals surface area contributed by atoms with Crippen molar-refractivity contribution < 1.29 is 0 Å². The minimum absolute atomic E-state index is 0.436. The molecule has 0 amide bonds. The number of allylic oxidation sites excluding steroid dienone is 4. The quantitative estimate of drug-likeness (QED) is 0.212. The van der Waals surface area contributed by atoms with Crippen molar-refractivity contribution in [1.82, 2.24) is 0 Å². The molecule has 0 nitrogen and oxygen atoms in total. The summed E-state index contributed by atoms with van der Waals surface area (Å²) in [4.78, 5) is 0. The normalized spacial score (nSPS) is 17.2. The van der Waals surface area contributed by atoms with E-state index in [-0.39, 0.29) is 0 Å². The summed E-state index contributed by atoms with van der Waals surface area (Å²) in [6.07, 6.45) is 0. The Hall–Kier alpha value is -1.99. The molecule has 0 heterocycles. The molecule has 3 aromatic carbocycles. The first-order valence-corrected chi connectivity index (χ1v) is 27.6. The second-order valence-electron chi connectivity index (χ2n) is 15.2. The van der Waals surface area contributed by atoms with Crippen molar-refractivity contribution in [2.24, 2.45) is 5.92 Å². The second-order valence-corrected chi connectivity index (χ2v) is 34.0. The molecule has 40 heavy (non-hydrogen) atoms. The summed E-state index contributed by atoms with van der Waals surface area (Å²) in [5, 5.41) is 11.7. The molecule has 3 aromatic rings. The summed E-state index contributed by atoms with van der Waals surface area (Å²) in [6.45, 7) is 32.7. The van der Waals surface area contributed by atoms with Crippen LogP contribution < -0.4 is 31.1 Å². The fraction of sp³-hybridized carbons (Fsp3) is 0.389. The molecule has 0 aromatic heterocycles. The molecule has 4 heteroatoms. The number of hydrogen-bond donors (Lipinski definition) is 0. The van der Waals surface area contributed by atoms with Crippen molar-refractivity contribution in [3.63, 3.8) is 0 Å². The van der Waals surface area contributed by atoms with Gasteiger partial charge in [-0.15, -0.1) is 0 Å². The molecule has 1 aliphatic rings. The van der Waals surface area contributed by atoms with Gasteiger partial charge < -0.3 is 0 Å². The first-order valence-electron chi connectivity index (χ1n) is 15.1. The Morgan fingerprint density at radius 2 is 0.700 bits per heavy atom. The van der Waals surface area contributed by atoms with Gasteiger partial charge in [-0.3, -0.25) is 0 Å². The number of rotatable bonds is 7. The second kappa shape index (κ2) is 10.7. The van der Waals surface area contributed by atoms with E-state index in [9.17, 15) is 0 Å². The molecule has 0 bridgehead atoms. The van der Waals surface area contributed by atoms with E-state index in [1.54, 1.807) is 47.5 Å². The summed E-state index contributed by atoms with van der Waals surface area (Å²) in [7, 11) is -7.78. The minimum atomic E-state index is -2.72. The lowest BCUT2D eigenvalue weighted by atomic mass is 10.1. The van der Waals surface area contributed by atoms with Gasteiger partial charge in [0.05, 0.1) is 24.2 Å². The summed E-state index contributed by atoms with van der Waals surface area (Å²) in [5.41, 5.74) is 4.63. The van der Waals surface area contributed by atoms with Gasteiger partial charge in [-0.25, -0.2) is 0 Å². The van der Waals surface area contributed by atoms with Crippen LogP contribution >= 0.6 is 0 Å². The van der Waals surface area contributed by atoms with Gasteiger partial charge in [0.15, 0.2) is 8.07 Å². The van der Waals surface area contributed by atoms with Crippen molar-refractivity contribution in [3.8, 4) is 0 Å².